The summed E-state index contributed by atoms with van der Waals surface area (Å²) in [6.07, 6.45) is 3.57. The summed E-state index contributed by atoms with van der Waals surface area (Å²) in [5.41, 5.74) is 3.47. The van der Waals surface area contributed by atoms with Crippen LogP contribution in [0.1, 0.15) is 42.5 Å². The summed E-state index contributed by atoms with van der Waals surface area (Å²) in [6, 6.07) is 17.9. The van der Waals surface area contributed by atoms with Crippen molar-refractivity contribution in [3.8, 4) is 0 Å². The van der Waals surface area contributed by atoms with Crippen molar-refractivity contribution >= 4 is 11.8 Å². The lowest BCUT2D eigenvalue weighted by atomic mass is 9.92. The van der Waals surface area contributed by atoms with Crippen molar-refractivity contribution in [2.24, 2.45) is 5.92 Å². The molecule has 0 heterocycles. The quantitative estimate of drug-likeness (QED) is 0.814. The molecule has 2 aromatic rings. The summed E-state index contributed by atoms with van der Waals surface area (Å²) in [7, 11) is 0. The molecule has 1 aliphatic carbocycles. The molecule has 0 bridgehead atoms. The fraction of sp³-hybridized carbons (Fsp3) is 0.364. The number of fused-ring (bicyclic) bond motifs is 1. The van der Waals surface area contributed by atoms with Crippen molar-refractivity contribution in [3.63, 3.8) is 0 Å². The van der Waals surface area contributed by atoms with Gasteiger partial charge < -0.3 is 10.6 Å². The van der Waals surface area contributed by atoms with Crippen LogP contribution in [0.3, 0.4) is 0 Å². The maximum absolute atomic E-state index is 12.4. The fourth-order valence-corrected chi connectivity index (χ4v) is 3.62. The Labute approximate surface area is 155 Å². The molecular formula is C22H26N2O2. The summed E-state index contributed by atoms with van der Waals surface area (Å²) in [5, 5.41) is 5.85. The van der Waals surface area contributed by atoms with E-state index < -0.39 is 0 Å². The molecule has 0 radical (unpaired) electrons. The lowest BCUT2D eigenvalue weighted by molar-refractivity contribution is -0.126. The monoisotopic (exact) mass is 350 g/mol. The number of benzene rings is 2. The summed E-state index contributed by atoms with van der Waals surface area (Å²) in [4.78, 5) is 24.4. The Bertz CT molecular complexity index is 758. The zero-order valence-electron chi connectivity index (χ0n) is 15.2. The van der Waals surface area contributed by atoms with Gasteiger partial charge in [0.2, 0.25) is 11.8 Å². The normalized spacial score (nSPS) is 19.1. The average Bonchev–Trinajstić information content (AvgIpc) is 2.80. The fourth-order valence-electron chi connectivity index (χ4n) is 3.62. The lowest BCUT2D eigenvalue weighted by Gasteiger charge is -2.25. The van der Waals surface area contributed by atoms with Crippen LogP contribution in [-0.2, 0) is 22.4 Å². The minimum absolute atomic E-state index is 0.00669. The van der Waals surface area contributed by atoms with Crippen LogP contribution in [0.2, 0.25) is 0 Å². The topological polar surface area (TPSA) is 58.2 Å². The molecule has 2 amide bonds. The molecular weight excluding hydrogens is 324 g/mol. The van der Waals surface area contributed by atoms with Gasteiger partial charge in [0.15, 0.2) is 0 Å². The molecule has 0 aromatic heterocycles. The molecule has 0 aliphatic heterocycles. The molecule has 1 aliphatic rings. The summed E-state index contributed by atoms with van der Waals surface area (Å²) >= 11 is 0. The Morgan fingerprint density at radius 1 is 1.00 bits per heavy atom. The minimum atomic E-state index is -0.139. The Morgan fingerprint density at radius 3 is 2.54 bits per heavy atom. The predicted molar refractivity (Wildman–Crippen MR) is 103 cm³/mol. The van der Waals surface area contributed by atoms with Crippen molar-refractivity contribution < 1.29 is 9.59 Å². The van der Waals surface area contributed by atoms with E-state index in [9.17, 15) is 9.59 Å². The maximum atomic E-state index is 12.4. The zero-order chi connectivity index (χ0) is 18.4. The summed E-state index contributed by atoms with van der Waals surface area (Å²) < 4.78 is 0. The molecule has 0 saturated carbocycles. The second kappa shape index (κ2) is 8.65. The summed E-state index contributed by atoms with van der Waals surface area (Å²) in [5.74, 6) is 0.100. The van der Waals surface area contributed by atoms with Crippen LogP contribution < -0.4 is 10.6 Å². The number of hydrogen-bond acceptors (Lipinski definition) is 2. The van der Waals surface area contributed by atoms with Crippen LogP contribution in [0.25, 0.3) is 0 Å². The minimum Gasteiger partial charge on any atom is -0.347 e. The molecule has 26 heavy (non-hydrogen) atoms. The van der Waals surface area contributed by atoms with E-state index in [0.29, 0.717) is 5.92 Å². The van der Waals surface area contributed by atoms with Crippen molar-refractivity contribution in [1.29, 1.82) is 0 Å². The van der Waals surface area contributed by atoms with Crippen LogP contribution in [-0.4, -0.2) is 18.4 Å². The van der Waals surface area contributed by atoms with E-state index in [0.717, 1.165) is 24.8 Å². The first-order chi connectivity index (χ1) is 12.6. The third kappa shape index (κ3) is 4.72. The van der Waals surface area contributed by atoms with Crippen LogP contribution in [0.15, 0.2) is 54.6 Å². The third-order valence-corrected chi connectivity index (χ3v) is 5.03. The highest BCUT2D eigenvalue weighted by Crippen LogP contribution is 2.32. The van der Waals surface area contributed by atoms with Gasteiger partial charge in [0, 0.05) is 0 Å². The molecule has 0 spiro atoms. The number of rotatable bonds is 5. The van der Waals surface area contributed by atoms with Gasteiger partial charge in [0.1, 0.15) is 0 Å². The van der Waals surface area contributed by atoms with Crippen LogP contribution in [0.4, 0.5) is 0 Å². The predicted octanol–water partition coefficient (Wildman–Crippen LogP) is 3.18. The summed E-state index contributed by atoms with van der Waals surface area (Å²) in [6.45, 7) is 2.19. The van der Waals surface area contributed by atoms with E-state index in [4.69, 9.17) is 0 Å². The van der Waals surface area contributed by atoms with Crippen LogP contribution >= 0.6 is 0 Å². The number of amides is 2. The maximum Gasteiger partial charge on any atom is 0.239 e. The molecule has 2 N–H and O–H groups in total. The zero-order valence-corrected chi connectivity index (χ0v) is 15.2. The number of carbonyl (C=O) groups is 2. The molecule has 3 rings (SSSR count). The Morgan fingerprint density at radius 2 is 1.73 bits per heavy atom. The van der Waals surface area contributed by atoms with E-state index in [2.05, 4.69) is 35.8 Å². The van der Waals surface area contributed by atoms with Crippen LogP contribution in [0.5, 0.6) is 0 Å². The van der Waals surface area contributed by atoms with Crippen molar-refractivity contribution in [3.05, 3.63) is 71.3 Å². The van der Waals surface area contributed by atoms with E-state index in [-0.39, 0.29) is 30.8 Å². The van der Waals surface area contributed by atoms with Gasteiger partial charge in [-0.25, -0.2) is 0 Å². The van der Waals surface area contributed by atoms with Gasteiger partial charge in [-0.2, -0.15) is 0 Å². The second-order valence-electron chi connectivity index (χ2n) is 7.05. The number of hydrogen-bond donors (Lipinski definition) is 2. The molecule has 136 valence electrons. The number of aryl methyl sites for hydroxylation is 1. The molecule has 2 aromatic carbocycles. The highest BCUT2D eigenvalue weighted by Gasteiger charge is 2.26. The van der Waals surface area contributed by atoms with Crippen molar-refractivity contribution in [2.75, 3.05) is 6.54 Å². The van der Waals surface area contributed by atoms with Crippen molar-refractivity contribution in [1.82, 2.24) is 10.6 Å². The molecule has 2 atom stereocenters. The first-order valence-corrected chi connectivity index (χ1v) is 9.31. The molecule has 4 nitrogen and oxygen atoms in total. The highest BCUT2D eigenvalue weighted by molar-refractivity contribution is 5.85. The first-order valence-electron chi connectivity index (χ1n) is 9.31. The molecule has 0 saturated heterocycles. The third-order valence-electron chi connectivity index (χ3n) is 5.03. The number of carbonyl (C=O) groups excluding carboxylic acids is 2. The first kappa shape index (κ1) is 18.2. The second-order valence-corrected chi connectivity index (χ2v) is 7.05. The Balaban J connectivity index is 1.56. The Kier molecular flexibility index (Phi) is 6.05. The lowest BCUT2D eigenvalue weighted by Crippen LogP contribution is -2.40. The van der Waals surface area contributed by atoms with E-state index >= 15 is 0 Å². The van der Waals surface area contributed by atoms with Crippen LogP contribution in [0, 0.1) is 5.92 Å². The number of nitrogens with one attached hydrogen (secondary N) is 2. The van der Waals surface area contributed by atoms with E-state index in [1.165, 1.54) is 11.1 Å². The molecule has 0 fully saturated rings. The van der Waals surface area contributed by atoms with Gasteiger partial charge in [-0.05, 0) is 41.9 Å². The highest BCUT2D eigenvalue weighted by atomic mass is 16.2. The largest absolute Gasteiger partial charge is 0.347 e. The van der Waals surface area contributed by atoms with E-state index in [1.807, 2.05) is 36.4 Å². The van der Waals surface area contributed by atoms with Gasteiger partial charge in [0.25, 0.3) is 0 Å². The smallest absolute Gasteiger partial charge is 0.239 e. The molecule has 4 heteroatoms. The SMILES string of the molecule is C[C@@H]1CCCc2ccccc2[C@@H]1NC(=O)CNC(=O)Cc1ccccc1. The molecule has 0 unspecified atom stereocenters. The standard InChI is InChI=1S/C22H26N2O2/c1-16-8-7-12-18-11-5-6-13-19(18)22(16)24-21(26)15-23-20(25)14-17-9-3-2-4-10-17/h2-6,9-11,13,16,22H,7-8,12,14-15H2,1H3,(H,23,25)(H,24,26)/t16-,22-/m1/s1. The van der Waals surface area contributed by atoms with Gasteiger partial charge >= 0.3 is 0 Å². The van der Waals surface area contributed by atoms with Gasteiger partial charge in [-0.15, -0.1) is 0 Å². The Hall–Kier alpha value is -2.62. The van der Waals surface area contributed by atoms with Crippen molar-refractivity contribution in [2.45, 2.75) is 38.6 Å². The van der Waals surface area contributed by atoms with E-state index in [1.54, 1.807) is 0 Å². The van der Waals surface area contributed by atoms with Gasteiger partial charge in [-0.3, -0.25) is 9.59 Å². The van der Waals surface area contributed by atoms with Gasteiger partial charge in [-0.1, -0.05) is 61.5 Å². The van der Waals surface area contributed by atoms with Gasteiger partial charge in [0.05, 0.1) is 19.0 Å². The average molecular weight is 350 g/mol.